The number of furan rings is 1. The van der Waals surface area contributed by atoms with Gasteiger partial charge in [-0.05, 0) is 26.0 Å². The standard InChI is InChI=1S/C18H24N4O/c1-4-15-20-16-13-9-7-8-10-14(13)23-17(16)18(21-15)19-11-12-22(5-2)6-3/h7-10H,4-6,11-12H2,1-3H3,(H,19,20,21)/p+1. The Morgan fingerprint density at radius 2 is 1.87 bits per heavy atom. The van der Waals surface area contributed by atoms with Crippen molar-refractivity contribution in [2.75, 3.05) is 31.5 Å². The Hall–Kier alpha value is -2.14. The molecule has 0 saturated carbocycles. The van der Waals surface area contributed by atoms with Gasteiger partial charge in [0.25, 0.3) is 0 Å². The molecular formula is C18H25N4O+. The largest absolute Gasteiger partial charge is 0.450 e. The van der Waals surface area contributed by atoms with Gasteiger partial charge >= 0.3 is 0 Å². The van der Waals surface area contributed by atoms with E-state index in [9.17, 15) is 0 Å². The van der Waals surface area contributed by atoms with Crippen molar-refractivity contribution < 1.29 is 9.32 Å². The van der Waals surface area contributed by atoms with E-state index in [1.54, 1.807) is 4.90 Å². The summed E-state index contributed by atoms with van der Waals surface area (Å²) in [5.41, 5.74) is 2.53. The molecular weight excluding hydrogens is 288 g/mol. The van der Waals surface area contributed by atoms with Gasteiger partial charge in [0.2, 0.25) is 0 Å². The minimum Gasteiger partial charge on any atom is -0.450 e. The quantitative estimate of drug-likeness (QED) is 0.702. The summed E-state index contributed by atoms with van der Waals surface area (Å²) in [5.74, 6) is 1.66. The summed E-state index contributed by atoms with van der Waals surface area (Å²) in [6.45, 7) is 10.7. The van der Waals surface area contributed by atoms with Gasteiger partial charge in [-0.3, -0.25) is 0 Å². The molecule has 122 valence electrons. The zero-order chi connectivity index (χ0) is 16.2. The molecule has 2 N–H and O–H groups in total. The molecule has 0 aliphatic carbocycles. The van der Waals surface area contributed by atoms with Crippen molar-refractivity contribution in [2.24, 2.45) is 0 Å². The highest BCUT2D eigenvalue weighted by atomic mass is 16.3. The third-order valence-corrected chi connectivity index (χ3v) is 4.35. The van der Waals surface area contributed by atoms with Crippen molar-refractivity contribution in [3.05, 3.63) is 30.1 Å². The van der Waals surface area contributed by atoms with E-state index in [1.165, 1.54) is 0 Å². The van der Waals surface area contributed by atoms with Crippen LogP contribution in [-0.2, 0) is 6.42 Å². The van der Waals surface area contributed by atoms with Crippen LogP contribution in [0.3, 0.4) is 0 Å². The van der Waals surface area contributed by atoms with E-state index in [-0.39, 0.29) is 0 Å². The first kappa shape index (κ1) is 15.7. The van der Waals surface area contributed by atoms with Gasteiger partial charge in [-0.15, -0.1) is 0 Å². The van der Waals surface area contributed by atoms with E-state index in [4.69, 9.17) is 4.42 Å². The lowest BCUT2D eigenvalue weighted by Gasteiger charge is -2.15. The first-order valence-electron chi connectivity index (χ1n) is 8.52. The number of benzene rings is 1. The van der Waals surface area contributed by atoms with Gasteiger partial charge in [0, 0.05) is 11.8 Å². The van der Waals surface area contributed by atoms with Crippen LogP contribution >= 0.6 is 0 Å². The summed E-state index contributed by atoms with van der Waals surface area (Å²) in [6.07, 6.45) is 0.811. The van der Waals surface area contributed by atoms with E-state index in [0.717, 1.165) is 66.3 Å². The number of anilines is 1. The Labute approximate surface area is 136 Å². The summed E-state index contributed by atoms with van der Waals surface area (Å²) in [5, 5.41) is 4.51. The molecule has 2 heterocycles. The molecule has 0 aliphatic rings. The molecule has 23 heavy (non-hydrogen) atoms. The molecule has 0 amide bonds. The second-order valence-electron chi connectivity index (χ2n) is 5.75. The van der Waals surface area contributed by atoms with E-state index in [2.05, 4.69) is 42.1 Å². The number of likely N-dealkylation sites (N-methyl/N-ethyl adjacent to an activating group) is 1. The van der Waals surface area contributed by atoms with Gasteiger partial charge in [-0.2, -0.15) is 0 Å². The Morgan fingerprint density at radius 3 is 2.61 bits per heavy atom. The van der Waals surface area contributed by atoms with E-state index < -0.39 is 0 Å². The number of aryl methyl sites for hydroxylation is 1. The average molecular weight is 313 g/mol. The second kappa shape index (κ2) is 6.96. The maximum atomic E-state index is 6.00. The van der Waals surface area contributed by atoms with Crippen LogP contribution in [-0.4, -0.2) is 36.1 Å². The molecule has 0 atom stereocenters. The lowest BCUT2D eigenvalue weighted by molar-refractivity contribution is -0.894. The fraction of sp³-hybridized carbons (Fsp3) is 0.444. The lowest BCUT2D eigenvalue weighted by Crippen LogP contribution is -3.12. The molecule has 5 heteroatoms. The van der Waals surface area contributed by atoms with Gasteiger partial charge in [-0.25, -0.2) is 9.97 Å². The maximum Gasteiger partial charge on any atom is 0.196 e. The van der Waals surface area contributed by atoms with Crippen LogP contribution in [0.15, 0.2) is 28.7 Å². The fourth-order valence-corrected chi connectivity index (χ4v) is 2.88. The van der Waals surface area contributed by atoms with E-state index in [1.807, 2.05) is 18.2 Å². The maximum absolute atomic E-state index is 6.00. The number of para-hydroxylation sites is 1. The van der Waals surface area contributed by atoms with E-state index >= 15 is 0 Å². The summed E-state index contributed by atoms with van der Waals surface area (Å²) < 4.78 is 6.00. The molecule has 0 saturated heterocycles. The van der Waals surface area contributed by atoms with Crippen molar-refractivity contribution in [3.63, 3.8) is 0 Å². The third kappa shape index (κ3) is 3.15. The van der Waals surface area contributed by atoms with Crippen molar-refractivity contribution in [1.29, 1.82) is 0 Å². The lowest BCUT2D eigenvalue weighted by atomic mass is 10.2. The predicted molar refractivity (Wildman–Crippen MR) is 94.1 cm³/mol. The summed E-state index contributed by atoms with van der Waals surface area (Å²) in [4.78, 5) is 10.9. The van der Waals surface area contributed by atoms with Crippen LogP contribution in [0.25, 0.3) is 22.1 Å². The topological polar surface area (TPSA) is 55.4 Å². The van der Waals surface area contributed by atoms with Gasteiger partial charge in [0.1, 0.15) is 16.9 Å². The highest BCUT2D eigenvalue weighted by molar-refractivity contribution is 6.05. The number of fused-ring (bicyclic) bond motifs is 3. The SMILES string of the molecule is CCc1nc(NCC[NH+](CC)CC)c2oc3ccccc3c2n1. The van der Waals surface area contributed by atoms with E-state index in [0.29, 0.717) is 0 Å². The number of nitrogens with one attached hydrogen (secondary N) is 2. The molecule has 5 nitrogen and oxygen atoms in total. The Bertz CT molecular complexity index is 792. The normalized spacial score (nSPS) is 11.7. The number of rotatable bonds is 7. The number of hydrogen-bond donors (Lipinski definition) is 2. The molecule has 0 spiro atoms. The smallest absolute Gasteiger partial charge is 0.196 e. The third-order valence-electron chi connectivity index (χ3n) is 4.35. The van der Waals surface area contributed by atoms with Crippen LogP contribution in [0.5, 0.6) is 0 Å². The molecule has 1 aromatic carbocycles. The Kier molecular flexibility index (Phi) is 4.76. The van der Waals surface area contributed by atoms with Crippen molar-refractivity contribution >= 4 is 27.9 Å². The highest BCUT2D eigenvalue weighted by Crippen LogP contribution is 2.31. The summed E-state index contributed by atoms with van der Waals surface area (Å²) in [7, 11) is 0. The van der Waals surface area contributed by atoms with Crippen LogP contribution in [0.4, 0.5) is 5.82 Å². The Morgan fingerprint density at radius 1 is 1.09 bits per heavy atom. The molecule has 0 bridgehead atoms. The minimum atomic E-state index is 0.762. The molecule has 0 aliphatic heterocycles. The van der Waals surface area contributed by atoms with Gasteiger partial charge in [0.05, 0.1) is 26.2 Å². The average Bonchev–Trinajstić information content (AvgIpc) is 2.97. The zero-order valence-electron chi connectivity index (χ0n) is 14.1. The fourth-order valence-electron chi connectivity index (χ4n) is 2.88. The first-order valence-corrected chi connectivity index (χ1v) is 8.52. The van der Waals surface area contributed by atoms with Crippen LogP contribution in [0.2, 0.25) is 0 Å². The number of aromatic nitrogens is 2. The van der Waals surface area contributed by atoms with Gasteiger partial charge < -0.3 is 14.6 Å². The van der Waals surface area contributed by atoms with Crippen LogP contribution < -0.4 is 10.2 Å². The monoisotopic (exact) mass is 313 g/mol. The van der Waals surface area contributed by atoms with Gasteiger partial charge in [-0.1, -0.05) is 19.1 Å². The molecule has 0 unspecified atom stereocenters. The first-order chi connectivity index (χ1) is 11.3. The van der Waals surface area contributed by atoms with Crippen molar-refractivity contribution in [2.45, 2.75) is 27.2 Å². The highest BCUT2D eigenvalue weighted by Gasteiger charge is 2.15. The van der Waals surface area contributed by atoms with Crippen LogP contribution in [0, 0.1) is 0 Å². The minimum absolute atomic E-state index is 0.762. The molecule has 2 aromatic heterocycles. The summed E-state index contributed by atoms with van der Waals surface area (Å²) in [6, 6.07) is 8.03. The Balaban J connectivity index is 1.95. The number of quaternary nitrogens is 1. The molecule has 0 radical (unpaired) electrons. The van der Waals surface area contributed by atoms with Crippen molar-refractivity contribution in [3.8, 4) is 0 Å². The second-order valence-corrected chi connectivity index (χ2v) is 5.75. The zero-order valence-corrected chi connectivity index (χ0v) is 14.1. The number of hydrogen-bond acceptors (Lipinski definition) is 4. The number of nitrogens with zero attached hydrogens (tertiary/aromatic N) is 2. The summed E-state index contributed by atoms with van der Waals surface area (Å²) >= 11 is 0. The van der Waals surface area contributed by atoms with Crippen molar-refractivity contribution in [1.82, 2.24) is 9.97 Å². The molecule has 0 fully saturated rings. The van der Waals surface area contributed by atoms with Crippen LogP contribution in [0.1, 0.15) is 26.6 Å². The molecule has 3 rings (SSSR count). The predicted octanol–water partition coefficient (Wildman–Crippen LogP) is 2.27. The molecule has 3 aromatic rings. The van der Waals surface area contributed by atoms with Gasteiger partial charge in [0.15, 0.2) is 11.4 Å².